The summed E-state index contributed by atoms with van der Waals surface area (Å²) in [6.45, 7) is 1.58. The number of benzene rings is 1. The first kappa shape index (κ1) is 9.38. The molecule has 0 aliphatic carbocycles. The molecule has 0 aromatic heterocycles. The summed E-state index contributed by atoms with van der Waals surface area (Å²) < 4.78 is 4.42. The van der Waals surface area contributed by atoms with E-state index in [2.05, 4.69) is 4.74 Å². The molecule has 0 saturated carbocycles. The highest BCUT2D eigenvalue weighted by atomic mass is 16.5. The Bertz CT molecular complexity index is 344. The molecule has 0 fully saturated rings. The van der Waals surface area contributed by atoms with E-state index >= 15 is 0 Å². The summed E-state index contributed by atoms with van der Waals surface area (Å²) in [5.41, 5.74) is 0.403. The largest absolute Gasteiger partial charge is 0.508 e. The molecule has 0 saturated heterocycles. The summed E-state index contributed by atoms with van der Waals surface area (Å²) in [7, 11) is 1.21. The Labute approximate surface area is 75.4 Å². The predicted octanol–water partition coefficient (Wildman–Crippen LogP) is 1.19. The summed E-state index contributed by atoms with van der Waals surface area (Å²) in [6, 6.07) is 2.52. The SMILES string of the molecule is COC(=O)c1cc(O)cc(C)c1O. The molecule has 0 radical (unpaired) electrons. The first-order valence-electron chi connectivity index (χ1n) is 3.67. The lowest BCUT2D eigenvalue weighted by Gasteiger charge is -2.05. The molecule has 1 rings (SSSR count). The number of hydrogen-bond acceptors (Lipinski definition) is 4. The normalized spacial score (nSPS) is 9.69. The second-order valence-corrected chi connectivity index (χ2v) is 2.65. The molecule has 1 aromatic rings. The van der Waals surface area contributed by atoms with Crippen LogP contribution in [-0.4, -0.2) is 23.3 Å². The van der Waals surface area contributed by atoms with Crippen molar-refractivity contribution in [3.63, 3.8) is 0 Å². The Kier molecular flexibility index (Phi) is 2.41. The third kappa shape index (κ3) is 1.72. The minimum absolute atomic E-state index is 0.0278. The van der Waals surface area contributed by atoms with E-state index in [9.17, 15) is 9.90 Å². The zero-order valence-corrected chi connectivity index (χ0v) is 7.37. The Morgan fingerprint density at radius 1 is 1.38 bits per heavy atom. The molecule has 1 aromatic carbocycles. The van der Waals surface area contributed by atoms with E-state index in [1.807, 2.05) is 0 Å². The molecule has 0 unspecified atom stereocenters. The van der Waals surface area contributed by atoms with E-state index < -0.39 is 5.97 Å². The zero-order chi connectivity index (χ0) is 10.0. The van der Waals surface area contributed by atoms with Crippen molar-refractivity contribution >= 4 is 5.97 Å². The van der Waals surface area contributed by atoms with Gasteiger partial charge in [-0.1, -0.05) is 0 Å². The van der Waals surface area contributed by atoms with Crippen LogP contribution in [0.4, 0.5) is 0 Å². The number of aromatic hydroxyl groups is 2. The van der Waals surface area contributed by atoms with Crippen LogP contribution < -0.4 is 0 Å². The highest BCUT2D eigenvalue weighted by Gasteiger charge is 2.14. The molecule has 0 heterocycles. The van der Waals surface area contributed by atoms with Crippen LogP contribution in [0.15, 0.2) is 12.1 Å². The lowest BCUT2D eigenvalue weighted by atomic mass is 10.1. The van der Waals surface area contributed by atoms with Gasteiger partial charge in [0.25, 0.3) is 0 Å². The number of carbonyl (C=O) groups is 1. The smallest absolute Gasteiger partial charge is 0.341 e. The first-order valence-corrected chi connectivity index (χ1v) is 3.67. The van der Waals surface area contributed by atoms with Gasteiger partial charge < -0.3 is 14.9 Å². The second-order valence-electron chi connectivity index (χ2n) is 2.65. The van der Waals surface area contributed by atoms with Gasteiger partial charge in [-0.25, -0.2) is 4.79 Å². The molecular formula is C9H10O4. The van der Waals surface area contributed by atoms with Gasteiger partial charge >= 0.3 is 5.97 Å². The minimum Gasteiger partial charge on any atom is -0.508 e. The predicted molar refractivity (Wildman–Crippen MR) is 45.8 cm³/mol. The Balaban J connectivity index is 3.28. The van der Waals surface area contributed by atoms with Crippen molar-refractivity contribution in [3.8, 4) is 11.5 Å². The molecule has 0 aliphatic heterocycles. The van der Waals surface area contributed by atoms with Crippen LogP contribution in [0.25, 0.3) is 0 Å². The Morgan fingerprint density at radius 2 is 2.00 bits per heavy atom. The van der Waals surface area contributed by atoms with Crippen LogP contribution >= 0.6 is 0 Å². The fraction of sp³-hybridized carbons (Fsp3) is 0.222. The maximum atomic E-state index is 11.0. The van der Waals surface area contributed by atoms with Gasteiger partial charge in [0.15, 0.2) is 0 Å². The average molecular weight is 182 g/mol. The molecular weight excluding hydrogens is 172 g/mol. The van der Waals surface area contributed by atoms with E-state index in [0.29, 0.717) is 5.56 Å². The molecule has 0 amide bonds. The van der Waals surface area contributed by atoms with Gasteiger partial charge in [-0.2, -0.15) is 0 Å². The number of esters is 1. The van der Waals surface area contributed by atoms with Crippen molar-refractivity contribution < 1.29 is 19.7 Å². The van der Waals surface area contributed by atoms with Crippen LogP contribution in [-0.2, 0) is 4.74 Å². The standard InChI is InChI=1S/C9H10O4/c1-5-3-6(10)4-7(8(5)11)9(12)13-2/h3-4,10-11H,1-2H3. The van der Waals surface area contributed by atoms with Gasteiger partial charge in [-0.15, -0.1) is 0 Å². The van der Waals surface area contributed by atoms with Crippen LogP contribution in [0.2, 0.25) is 0 Å². The van der Waals surface area contributed by atoms with E-state index in [4.69, 9.17) is 5.11 Å². The van der Waals surface area contributed by atoms with Crippen molar-refractivity contribution in [1.82, 2.24) is 0 Å². The highest BCUT2D eigenvalue weighted by molar-refractivity contribution is 5.93. The number of methoxy groups -OCH3 is 1. The number of phenolic OH excluding ortho intramolecular Hbond substituents is 2. The molecule has 13 heavy (non-hydrogen) atoms. The number of phenols is 2. The number of rotatable bonds is 1. The van der Waals surface area contributed by atoms with Gasteiger partial charge in [-0.05, 0) is 24.6 Å². The van der Waals surface area contributed by atoms with Gasteiger partial charge in [0, 0.05) is 0 Å². The first-order chi connectivity index (χ1) is 6.06. The Hall–Kier alpha value is -1.71. The Morgan fingerprint density at radius 3 is 2.54 bits per heavy atom. The van der Waals surface area contributed by atoms with Gasteiger partial charge in [0.1, 0.15) is 17.1 Å². The lowest BCUT2D eigenvalue weighted by Crippen LogP contribution is -2.02. The number of hydrogen-bond donors (Lipinski definition) is 2. The number of carbonyl (C=O) groups excluding carboxylic acids is 1. The molecule has 0 bridgehead atoms. The second kappa shape index (κ2) is 3.35. The monoisotopic (exact) mass is 182 g/mol. The van der Waals surface area contributed by atoms with E-state index in [-0.39, 0.29) is 17.1 Å². The summed E-state index contributed by atoms with van der Waals surface area (Å²) in [5.74, 6) is -0.906. The van der Waals surface area contributed by atoms with Crippen LogP contribution in [0.1, 0.15) is 15.9 Å². The molecule has 0 aliphatic rings. The van der Waals surface area contributed by atoms with Crippen molar-refractivity contribution in [2.75, 3.05) is 7.11 Å². The minimum atomic E-state index is -0.670. The average Bonchev–Trinajstić information content (AvgIpc) is 2.10. The molecule has 4 heteroatoms. The molecule has 4 nitrogen and oxygen atoms in total. The fourth-order valence-corrected chi connectivity index (χ4v) is 1.03. The van der Waals surface area contributed by atoms with Crippen LogP contribution in [0, 0.1) is 6.92 Å². The molecule has 0 spiro atoms. The van der Waals surface area contributed by atoms with E-state index in [1.54, 1.807) is 6.92 Å². The topological polar surface area (TPSA) is 66.8 Å². The summed E-state index contributed by atoms with van der Waals surface area (Å²) >= 11 is 0. The van der Waals surface area contributed by atoms with Crippen molar-refractivity contribution in [2.24, 2.45) is 0 Å². The number of aryl methyl sites for hydroxylation is 1. The fourth-order valence-electron chi connectivity index (χ4n) is 1.03. The summed E-state index contributed by atoms with van der Waals surface area (Å²) in [6.07, 6.45) is 0. The molecule has 70 valence electrons. The van der Waals surface area contributed by atoms with Crippen LogP contribution in [0.5, 0.6) is 11.5 Å². The lowest BCUT2D eigenvalue weighted by molar-refractivity contribution is 0.0597. The molecule has 2 N–H and O–H groups in total. The maximum absolute atomic E-state index is 11.0. The van der Waals surface area contributed by atoms with E-state index in [0.717, 1.165) is 6.07 Å². The van der Waals surface area contributed by atoms with Crippen molar-refractivity contribution in [3.05, 3.63) is 23.3 Å². The van der Waals surface area contributed by atoms with Crippen LogP contribution in [0.3, 0.4) is 0 Å². The van der Waals surface area contributed by atoms with E-state index in [1.165, 1.54) is 13.2 Å². The molecule has 0 atom stereocenters. The van der Waals surface area contributed by atoms with Crippen molar-refractivity contribution in [1.29, 1.82) is 0 Å². The summed E-state index contributed by atoms with van der Waals surface area (Å²) in [4.78, 5) is 11.0. The van der Waals surface area contributed by atoms with Gasteiger partial charge in [-0.3, -0.25) is 0 Å². The highest BCUT2D eigenvalue weighted by Crippen LogP contribution is 2.27. The third-order valence-electron chi connectivity index (χ3n) is 1.69. The van der Waals surface area contributed by atoms with Crippen molar-refractivity contribution in [2.45, 2.75) is 6.92 Å². The van der Waals surface area contributed by atoms with Gasteiger partial charge in [0.2, 0.25) is 0 Å². The third-order valence-corrected chi connectivity index (χ3v) is 1.69. The van der Waals surface area contributed by atoms with Gasteiger partial charge in [0.05, 0.1) is 7.11 Å². The summed E-state index contributed by atoms with van der Waals surface area (Å²) in [5, 5.41) is 18.6. The zero-order valence-electron chi connectivity index (χ0n) is 7.37. The number of ether oxygens (including phenoxy) is 1. The maximum Gasteiger partial charge on any atom is 0.341 e. The quantitative estimate of drug-likeness (QED) is 0.505.